The number of sulfonamides is 1. The molecule has 0 aromatic carbocycles. The molecule has 1 atom stereocenters. The number of aromatic nitrogens is 1. The van der Waals surface area contributed by atoms with E-state index in [4.69, 9.17) is 5.11 Å². The highest BCUT2D eigenvalue weighted by molar-refractivity contribution is 7.89. The molecule has 1 aromatic rings. The molecule has 0 fully saturated rings. The largest absolute Gasteiger partial charge is 0.396 e. The second kappa shape index (κ2) is 7.06. The summed E-state index contributed by atoms with van der Waals surface area (Å²) < 4.78 is 27.1. The van der Waals surface area contributed by atoms with Crippen molar-refractivity contribution in [1.82, 2.24) is 14.6 Å². The Bertz CT molecular complexity index is 593. The summed E-state index contributed by atoms with van der Waals surface area (Å²) in [7, 11) is -0.651. The first-order chi connectivity index (χ1) is 9.72. The number of hydrogen-bond acceptors (Lipinski definition) is 4. The highest BCUT2D eigenvalue weighted by atomic mass is 32.2. The van der Waals surface area contributed by atoms with Gasteiger partial charge in [0.25, 0.3) is 5.91 Å². The second-order valence-corrected chi connectivity index (χ2v) is 7.10. The molecule has 1 amide bonds. The van der Waals surface area contributed by atoms with Gasteiger partial charge in [0.1, 0.15) is 10.6 Å². The summed E-state index contributed by atoms with van der Waals surface area (Å²) in [6, 6.07) is 1.17. The minimum absolute atomic E-state index is 0.0182. The number of aliphatic hydroxyl groups is 1. The minimum Gasteiger partial charge on any atom is -0.396 e. The van der Waals surface area contributed by atoms with Crippen molar-refractivity contribution in [2.75, 3.05) is 13.7 Å². The van der Waals surface area contributed by atoms with E-state index in [9.17, 15) is 13.2 Å². The van der Waals surface area contributed by atoms with Gasteiger partial charge in [0.15, 0.2) is 0 Å². The van der Waals surface area contributed by atoms with Crippen molar-refractivity contribution in [3.05, 3.63) is 18.0 Å². The Kier molecular flexibility index (Phi) is 5.94. The monoisotopic (exact) mass is 317 g/mol. The van der Waals surface area contributed by atoms with E-state index >= 15 is 0 Å². The maximum absolute atomic E-state index is 12.3. The molecule has 0 radical (unpaired) electrons. The van der Waals surface area contributed by atoms with Gasteiger partial charge in [-0.2, -0.15) is 0 Å². The van der Waals surface area contributed by atoms with E-state index < -0.39 is 10.0 Å². The zero-order chi connectivity index (χ0) is 16.2. The molecule has 21 heavy (non-hydrogen) atoms. The summed E-state index contributed by atoms with van der Waals surface area (Å²) in [4.78, 5) is 12.3. The molecule has 1 heterocycles. The molecule has 0 bridgehead atoms. The van der Waals surface area contributed by atoms with E-state index in [1.807, 2.05) is 13.8 Å². The molecule has 0 aliphatic heterocycles. The van der Waals surface area contributed by atoms with Crippen LogP contribution in [0, 0.1) is 5.92 Å². The summed E-state index contributed by atoms with van der Waals surface area (Å²) in [5, 5.41) is 11.8. The van der Waals surface area contributed by atoms with Gasteiger partial charge in [-0.25, -0.2) is 13.1 Å². The van der Waals surface area contributed by atoms with Gasteiger partial charge in [0.2, 0.25) is 10.0 Å². The first-order valence-corrected chi connectivity index (χ1v) is 8.23. The summed E-state index contributed by atoms with van der Waals surface area (Å²) in [5.41, 5.74) is 0.257. The van der Waals surface area contributed by atoms with Gasteiger partial charge in [-0.3, -0.25) is 4.79 Å². The van der Waals surface area contributed by atoms with E-state index in [1.54, 1.807) is 7.05 Å². The van der Waals surface area contributed by atoms with E-state index in [2.05, 4.69) is 10.0 Å². The number of nitrogens with zero attached hydrogens (tertiary/aromatic N) is 1. The predicted octanol–water partition coefficient (Wildman–Crippen LogP) is 0.0700. The van der Waals surface area contributed by atoms with Crippen LogP contribution in [0.15, 0.2) is 17.2 Å². The normalized spacial score (nSPS) is 13.4. The number of aryl methyl sites for hydroxylation is 1. The van der Waals surface area contributed by atoms with Gasteiger partial charge in [0, 0.05) is 25.9 Å². The Morgan fingerprint density at radius 3 is 2.52 bits per heavy atom. The Morgan fingerprint density at radius 2 is 2.05 bits per heavy atom. The smallest absolute Gasteiger partial charge is 0.268 e. The minimum atomic E-state index is -3.58. The van der Waals surface area contributed by atoms with E-state index in [0.717, 1.165) is 0 Å². The molecule has 1 aromatic heterocycles. The molecule has 0 aliphatic carbocycles. The number of amides is 1. The number of carbonyl (C=O) groups is 1. The number of hydrogen-bond donors (Lipinski definition) is 3. The lowest BCUT2D eigenvalue weighted by Gasteiger charge is -2.21. The van der Waals surface area contributed by atoms with Crippen LogP contribution in [0.5, 0.6) is 0 Å². The lowest BCUT2D eigenvalue weighted by atomic mass is 10.0. The van der Waals surface area contributed by atoms with Crippen LogP contribution in [0.25, 0.3) is 0 Å². The average Bonchev–Trinajstić information content (AvgIpc) is 2.81. The van der Waals surface area contributed by atoms with Crippen LogP contribution in [-0.4, -0.2) is 43.7 Å². The van der Waals surface area contributed by atoms with Crippen LogP contribution < -0.4 is 10.0 Å². The average molecular weight is 317 g/mol. The zero-order valence-corrected chi connectivity index (χ0v) is 13.6. The molecular formula is C13H23N3O4S. The molecule has 120 valence electrons. The van der Waals surface area contributed by atoms with Crippen molar-refractivity contribution >= 4 is 15.9 Å². The van der Waals surface area contributed by atoms with Crippen molar-refractivity contribution in [2.24, 2.45) is 13.0 Å². The second-order valence-electron chi connectivity index (χ2n) is 5.22. The van der Waals surface area contributed by atoms with Gasteiger partial charge >= 0.3 is 0 Å². The van der Waals surface area contributed by atoms with Crippen LogP contribution in [-0.2, 0) is 17.1 Å². The van der Waals surface area contributed by atoms with Crippen molar-refractivity contribution < 1.29 is 18.3 Å². The quantitative estimate of drug-likeness (QED) is 0.662. The zero-order valence-electron chi connectivity index (χ0n) is 12.8. The Morgan fingerprint density at radius 1 is 1.43 bits per heavy atom. The molecule has 0 spiro atoms. The highest BCUT2D eigenvalue weighted by Gasteiger charge is 2.22. The number of aliphatic hydroxyl groups excluding tert-OH is 1. The third-order valence-corrected chi connectivity index (χ3v) is 4.73. The predicted molar refractivity (Wildman–Crippen MR) is 79.5 cm³/mol. The Balaban J connectivity index is 2.98. The van der Waals surface area contributed by atoms with Crippen LogP contribution in [0.2, 0.25) is 0 Å². The number of rotatable bonds is 7. The van der Waals surface area contributed by atoms with Crippen molar-refractivity contribution in [3.63, 3.8) is 0 Å². The van der Waals surface area contributed by atoms with Crippen molar-refractivity contribution in [3.8, 4) is 0 Å². The molecule has 0 saturated carbocycles. The maximum atomic E-state index is 12.3. The number of carbonyl (C=O) groups excluding carboxylic acids is 1. The molecule has 1 unspecified atom stereocenters. The molecule has 0 aliphatic rings. The van der Waals surface area contributed by atoms with Crippen molar-refractivity contribution in [1.29, 1.82) is 0 Å². The Labute approximate surface area is 125 Å². The third kappa shape index (κ3) is 4.29. The lowest BCUT2D eigenvalue weighted by molar-refractivity contribution is 0.0908. The summed E-state index contributed by atoms with van der Waals surface area (Å²) in [6.07, 6.45) is 1.84. The van der Waals surface area contributed by atoms with Gasteiger partial charge in [0.05, 0.1) is 0 Å². The summed E-state index contributed by atoms with van der Waals surface area (Å²) in [6.45, 7) is 3.88. The standard InChI is InChI=1S/C13H23N3O4S/c1-9(2)11(5-6-17)15-13(18)12-7-10(8-16(12)4)21(19,20)14-3/h7-9,11,14,17H,5-6H2,1-4H3,(H,15,18). The van der Waals surface area contributed by atoms with Gasteiger partial charge in [-0.05, 0) is 25.5 Å². The number of nitrogens with one attached hydrogen (secondary N) is 2. The molecule has 8 heteroatoms. The fraction of sp³-hybridized carbons (Fsp3) is 0.615. The van der Waals surface area contributed by atoms with Crippen LogP contribution in [0.4, 0.5) is 0 Å². The first kappa shape index (κ1) is 17.7. The SMILES string of the molecule is CNS(=O)(=O)c1cc(C(=O)NC(CCO)C(C)C)n(C)c1. The maximum Gasteiger partial charge on any atom is 0.268 e. The van der Waals surface area contributed by atoms with Gasteiger partial charge in [-0.15, -0.1) is 0 Å². The van der Waals surface area contributed by atoms with Crippen LogP contribution in [0.3, 0.4) is 0 Å². The molecule has 1 rings (SSSR count). The van der Waals surface area contributed by atoms with E-state index in [-0.39, 0.29) is 35.1 Å². The Hall–Kier alpha value is -1.38. The molecule has 7 nitrogen and oxygen atoms in total. The van der Waals surface area contributed by atoms with Crippen LogP contribution in [0.1, 0.15) is 30.8 Å². The van der Waals surface area contributed by atoms with Gasteiger partial charge in [-0.1, -0.05) is 13.8 Å². The van der Waals surface area contributed by atoms with E-state index in [0.29, 0.717) is 6.42 Å². The van der Waals surface area contributed by atoms with Crippen LogP contribution >= 0.6 is 0 Å². The topological polar surface area (TPSA) is 100 Å². The summed E-state index contributed by atoms with van der Waals surface area (Å²) >= 11 is 0. The fourth-order valence-corrected chi connectivity index (χ4v) is 2.78. The lowest BCUT2D eigenvalue weighted by Crippen LogP contribution is -2.39. The fourth-order valence-electron chi connectivity index (χ4n) is 1.98. The molecule has 0 saturated heterocycles. The first-order valence-electron chi connectivity index (χ1n) is 6.74. The van der Waals surface area contributed by atoms with E-state index in [1.165, 1.54) is 23.9 Å². The highest BCUT2D eigenvalue weighted by Crippen LogP contribution is 2.14. The summed E-state index contributed by atoms with van der Waals surface area (Å²) in [5.74, 6) is -0.191. The molecular weight excluding hydrogens is 294 g/mol. The molecule has 3 N–H and O–H groups in total. The van der Waals surface area contributed by atoms with Gasteiger partial charge < -0.3 is 15.0 Å². The van der Waals surface area contributed by atoms with Crippen molar-refractivity contribution in [2.45, 2.75) is 31.2 Å². The third-order valence-electron chi connectivity index (χ3n) is 3.35.